The number of hydrogen-bond donors (Lipinski definition) is 4. The zero-order chi connectivity index (χ0) is 21.5. The molecule has 6 rings (SSSR count). The molecule has 0 aliphatic heterocycles. The van der Waals surface area contributed by atoms with E-state index in [1.54, 1.807) is 6.07 Å². The quantitative estimate of drug-likeness (QED) is 0.313. The molecule has 1 aliphatic carbocycles. The van der Waals surface area contributed by atoms with Crippen molar-refractivity contribution >= 4 is 33.4 Å². The highest BCUT2D eigenvalue weighted by molar-refractivity contribution is 5.90. The summed E-state index contributed by atoms with van der Waals surface area (Å²) in [6.45, 7) is 0.640. The third-order valence-electron chi connectivity index (χ3n) is 5.65. The maximum Gasteiger partial charge on any atom is 0.271 e. The molecule has 3 heterocycles. The van der Waals surface area contributed by atoms with Crippen LogP contribution in [0.25, 0.3) is 21.8 Å². The summed E-state index contributed by atoms with van der Waals surface area (Å²) in [5, 5.41) is 17.8. The number of aromatic nitrogens is 6. The van der Waals surface area contributed by atoms with Crippen LogP contribution in [0.3, 0.4) is 0 Å². The van der Waals surface area contributed by atoms with Crippen LogP contribution in [-0.2, 0) is 18.0 Å². The van der Waals surface area contributed by atoms with Crippen LogP contribution in [0.2, 0.25) is 0 Å². The van der Waals surface area contributed by atoms with Crippen molar-refractivity contribution in [2.45, 2.75) is 32.0 Å². The maximum absolute atomic E-state index is 11.6. The Balaban J connectivity index is 1.21. The summed E-state index contributed by atoms with van der Waals surface area (Å²) in [5.74, 6) is 2.64. The Morgan fingerprint density at radius 3 is 2.81 bits per heavy atom. The third kappa shape index (κ3) is 3.63. The molecule has 3 aromatic heterocycles. The Bertz CT molecular complexity index is 1480. The van der Waals surface area contributed by atoms with Crippen molar-refractivity contribution in [1.29, 1.82) is 0 Å². The molecule has 9 heteroatoms. The number of fused-ring (bicyclic) bond motifs is 2. The minimum absolute atomic E-state index is 0.127. The van der Waals surface area contributed by atoms with Gasteiger partial charge in [-0.1, -0.05) is 18.2 Å². The van der Waals surface area contributed by atoms with Gasteiger partial charge in [0.1, 0.15) is 12.4 Å². The van der Waals surface area contributed by atoms with Gasteiger partial charge in [0.2, 0.25) is 0 Å². The molecule has 0 amide bonds. The minimum atomic E-state index is -0.127. The number of hydrogen-bond acceptors (Lipinski definition) is 6. The molecule has 1 aliphatic rings. The molecule has 160 valence electrons. The van der Waals surface area contributed by atoms with Gasteiger partial charge in [0.25, 0.3) is 5.56 Å². The van der Waals surface area contributed by atoms with E-state index in [4.69, 9.17) is 9.72 Å². The molecule has 0 atom stereocenters. The van der Waals surface area contributed by atoms with Crippen LogP contribution < -0.4 is 10.9 Å². The number of ether oxygens (including phenoxy) is 1. The maximum atomic E-state index is 11.6. The molecule has 0 unspecified atom stereocenters. The first-order chi connectivity index (χ1) is 15.7. The summed E-state index contributed by atoms with van der Waals surface area (Å²) < 4.78 is 5.88. The highest BCUT2D eigenvalue weighted by Crippen LogP contribution is 2.39. The summed E-state index contributed by atoms with van der Waals surface area (Å²) in [6, 6.07) is 15.5. The van der Waals surface area contributed by atoms with Crippen molar-refractivity contribution in [1.82, 2.24) is 30.4 Å². The summed E-state index contributed by atoms with van der Waals surface area (Å²) in [5.41, 5.74) is 3.59. The molecule has 2 aromatic carbocycles. The lowest BCUT2D eigenvalue weighted by Gasteiger charge is -2.10. The Kier molecular flexibility index (Phi) is 4.46. The van der Waals surface area contributed by atoms with E-state index >= 15 is 0 Å². The number of H-pyrrole nitrogens is 3. The van der Waals surface area contributed by atoms with E-state index < -0.39 is 0 Å². The summed E-state index contributed by atoms with van der Waals surface area (Å²) >= 11 is 0. The lowest BCUT2D eigenvalue weighted by atomic mass is 10.2. The number of nitrogens with one attached hydrogen (secondary N) is 4. The van der Waals surface area contributed by atoms with E-state index in [2.05, 4.69) is 30.7 Å². The Morgan fingerprint density at radius 1 is 1.00 bits per heavy atom. The molecule has 9 nitrogen and oxygen atoms in total. The van der Waals surface area contributed by atoms with E-state index in [-0.39, 0.29) is 12.2 Å². The lowest BCUT2D eigenvalue weighted by Crippen LogP contribution is -2.04. The van der Waals surface area contributed by atoms with Crippen molar-refractivity contribution in [3.05, 3.63) is 76.0 Å². The fraction of sp³-hybridized carbons (Fsp3) is 0.217. The van der Waals surface area contributed by atoms with Gasteiger partial charge in [-0.25, -0.2) is 9.97 Å². The minimum Gasteiger partial charge on any atom is -0.369 e. The van der Waals surface area contributed by atoms with Crippen molar-refractivity contribution in [3.63, 3.8) is 0 Å². The Hall–Kier alpha value is -3.98. The summed E-state index contributed by atoms with van der Waals surface area (Å²) in [7, 11) is 0. The molecule has 0 saturated heterocycles. The van der Waals surface area contributed by atoms with Gasteiger partial charge < -0.3 is 10.1 Å². The first-order valence-electron chi connectivity index (χ1n) is 10.6. The molecule has 0 bridgehead atoms. The summed E-state index contributed by atoms with van der Waals surface area (Å²) in [4.78, 5) is 21.0. The van der Waals surface area contributed by atoms with E-state index in [9.17, 15) is 4.79 Å². The van der Waals surface area contributed by atoms with E-state index in [1.807, 2.05) is 42.5 Å². The van der Waals surface area contributed by atoms with Crippen LogP contribution in [0, 0.1) is 0 Å². The molecule has 4 N–H and O–H groups in total. The highest BCUT2D eigenvalue weighted by Gasteiger charge is 2.25. The second-order valence-electron chi connectivity index (χ2n) is 8.07. The van der Waals surface area contributed by atoms with E-state index in [1.165, 1.54) is 12.8 Å². The van der Waals surface area contributed by atoms with Gasteiger partial charge in [0, 0.05) is 23.1 Å². The topological polar surface area (TPSA) is 124 Å². The van der Waals surface area contributed by atoms with Crippen LogP contribution in [0.1, 0.15) is 35.8 Å². The number of rotatable bonds is 7. The number of anilines is 2. The fourth-order valence-corrected chi connectivity index (χ4v) is 3.84. The molecule has 32 heavy (non-hydrogen) atoms. The SMILES string of the molecule is O=c1[nH][nH]c2cc(COCc3nc(Nc4cc(C5CC5)[nH]n4)c4ccccc4n3)ccc12. The van der Waals surface area contributed by atoms with Crippen LogP contribution in [0.15, 0.2) is 53.3 Å². The van der Waals surface area contributed by atoms with Crippen molar-refractivity contribution in [2.24, 2.45) is 0 Å². The van der Waals surface area contributed by atoms with Crippen molar-refractivity contribution < 1.29 is 4.74 Å². The van der Waals surface area contributed by atoms with Crippen molar-refractivity contribution in [2.75, 3.05) is 5.32 Å². The zero-order valence-electron chi connectivity index (χ0n) is 17.2. The lowest BCUT2D eigenvalue weighted by molar-refractivity contribution is 0.102. The molecule has 5 aromatic rings. The second-order valence-corrected chi connectivity index (χ2v) is 8.07. The third-order valence-corrected chi connectivity index (χ3v) is 5.65. The average molecular weight is 427 g/mol. The van der Waals surface area contributed by atoms with Gasteiger partial charge in [-0.15, -0.1) is 0 Å². The molecular formula is C23H21N7O2. The Labute approximate surface area is 182 Å². The number of benzene rings is 2. The number of para-hydroxylation sites is 1. The predicted molar refractivity (Wildman–Crippen MR) is 121 cm³/mol. The number of nitrogens with zero attached hydrogens (tertiary/aromatic N) is 3. The summed E-state index contributed by atoms with van der Waals surface area (Å²) in [6.07, 6.45) is 2.43. The molecule has 0 radical (unpaired) electrons. The van der Waals surface area contributed by atoms with Gasteiger partial charge >= 0.3 is 0 Å². The Morgan fingerprint density at radius 2 is 1.91 bits per heavy atom. The molecule has 1 fully saturated rings. The van der Waals surface area contributed by atoms with Crippen LogP contribution >= 0.6 is 0 Å². The van der Waals surface area contributed by atoms with Gasteiger partial charge in [-0.3, -0.25) is 20.1 Å². The van der Waals surface area contributed by atoms with Gasteiger partial charge in [-0.05, 0) is 42.7 Å². The zero-order valence-corrected chi connectivity index (χ0v) is 17.2. The molecular weight excluding hydrogens is 406 g/mol. The first-order valence-corrected chi connectivity index (χ1v) is 10.6. The van der Waals surface area contributed by atoms with Gasteiger partial charge in [0.15, 0.2) is 11.6 Å². The van der Waals surface area contributed by atoms with Crippen LogP contribution in [0.4, 0.5) is 11.6 Å². The number of aromatic amines is 3. The van der Waals surface area contributed by atoms with Gasteiger partial charge in [-0.2, -0.15) is 5.10 Å². The van der Waals surface area contributed by atoms with Gasteiger partial charge in [0.05, 0.1) is 23.0 Å². The standard InChI is InChI=1S/C23H21N7O2/c31-23-16-8-5-13(9-19(16)28-30-23)11-32-12-21-24-17-4-2-1-3-15(17)22(26-21)25-20-10-18(27-29-20)14-6-7-14/h1-5,8-10,14H,6-7,11-12H2,(H2,28,30,31)(H2,24,25,26,27,29). The smallest absolute Gasteiger partial charge is 0.271 e. The van der Waals surface area contributed by atoms with E-state index in [0.29, 0.717) is 29.6 Å². The van der Waals surface area contributed by atoms with Crippen molar-refractivity contribution in [3.8, 4) is 0 Å². The second kappa shape index (κ2) is 7.61. The first kappa shape index (κ1) is 18.8. The van der Waals surface area contributed by atoms with E-state index in [0.717, 1.165) is 33.5 Å². The highest BCUT2D eigenvalue weighted by atomic mass is 16.5. The van der Waals surface area contributed by atoms with Crippen LogP contribution in [0.5, 0.6) is 0 Å². The molecule has 0 spiro atoms. The van der Waals surface area contributed by atoms with Crippen LogP contribution in [-0.4, -0.2) is 30.4 Å². The largest absolute Gasteiger partial charge is 0.369 e. The predicted octanol–water partition coefficient (Wildman–Crippen LogP) is 3.86. The average Bonchev–Trinajstić information content (AvgIpc) is 3.45. The fourth-order valence-electron chi connectivity index (χ4n) is 3.84. The monoisotopic (exact) mass is 427 g/mol. The normalized spacial score (nSPS) is 13.8. The molecule has 1 saturated carbocycles.